The first-order valence-corrected chi connectivity index (χ1v) is 20.9. The molecule has 290 valence electrons. The average molecular weight is 793 g/mol. The Morgan fingerprint density at radius 3 is 1.71 bits per heavy atom. The van der Waals surface area contributed by atoms with Crippen LogP contribution in [0.1, 0.15) is 0 Å². The van der Waals surface area contributed by atoms with E-state index in [1.165, 1.54) is 0 Å². The van der Waals surface area contributed by atoms with Gasteiger partial charge in [0.05, 0.1) is 22.6 Å². The summed E-state index contributed by atoms with van der Waals surface area (Å²) in [5.41, 5.74) is 16.0. The maximum Gasteiger partial charge on any atom is 0.160 e. The van der Waals surface area contributed by atoms with Crippen LogP contribution in [-0.4, -0.2) is 19.6 Å². The number of benzene rings is 8. The molecule has 0 aliphatic heterocycles. The monoisotopic (exact) mass is 792 g/mol. The number of aromatic nitrogens is 4. The lowest BCUT2D eigenvalue weighted by atomic mass is 9.96. The molecule has 0 N–H and O–H groups in total. The summed E-state index contributed by atoms with van der Waals surface area (Å²) < 4.78 is 8.39. The number of hydrogen-bond donors (Lipinski definition) is 0. The van der Waals surface area contributed by atoms with Gasteiger partial charge in [-0.1, -0.05) is 188 Å². The first kappa shape index (κ1) is 35.5. The van der Waals surface area contributed by atoms with Crippen LogP contribution < -0.4 is 0 Å². The van der Waals surface area contributed by atoms with Crippen LogP contribution >= 0.6 is 0 Å². The Bertz CT molecular complexity index is 3610. The van der Waals surface area contributed by atoms with Crippen molar-refractivity contribution in [3.8, 4) is 78.7 Å². The highest BCUT2D eigenvalue weighted by atomic mass is 16.3. The van der Waals surface area contributed by atoms with Crippen molar-refractivity contribution in [1.82, 2.24) is 19.6 Å². The van der Waals surface area contributed by atoms with Gasteiger partial charge in [0, 0.05) is 49.5 Å². The maximum absolute atomic E-state index is 6.25. The Morgan fingerprint density at radius 2 is 0.952 bits per heavy atom. The fourth-order valence-corrected chi connectivity index (χ4v) is 8.90. The van der Waals surface area contributed by atoms with Crippen LogP contribution in [0.15, 0.2) is 223 Å². The summed E-state index contributed by atoms with van der Waals surface area (Å²) in [5.74, 6) is 0.658. The molecule has 0 fully saturated rings. The lowest BCUT2D eigenvalue weighted by Gasteiger charge is -2.12. The number of para-hydroxylation sites is 1. The highest BCUT2D eigenvalue weighted by molar-refractivity contribution is 6.12. The Hall–Kier alpha value is -8.41. The van der Waals surface area contributed by atoms with E-state index in [0.29, 0.717) is 5.82 Å². The zero-order valence-electron chi connectivity index (χ0n) is 33.5. The molecule has 0 aliphatic rings. The molecule has 0 saturated carbocycles. The SMILES string of the molecule is c1ccc(-c2cc(-c3ccc(-c4cc5ccccc5c5c(-c6ccccc6)c(-c6ccccc6)nn45)cc3)nc(-c3cccc(-c4cccc5oc6ccccc6c45)c3)n2)cc1. The number of nitrogens with zero attached hydrogens (tertiary/aromatic N) is 4. The second-order valence-corrected chi connectivity index (χ2v) is 15.6. The molecule has 0 aliphatic carbocycles. The molecule has 0 amide bonds. The second kappa shape index (κ2) is 14.7. The standard InChI is InChI=1S/C57H36N4O/c1-4-16-37(17-5-1)48-36-49(59-57(58-48)44-24-14-23-42(34-44)45-27-15-29-52-54(45)47-26-12-13-28-51(47)62-52)38-30-32-39(33-31-38)50-35-43-22-10-11-25-46(43)56-53(40-18-6-2-7-19-40)55(60-61(50)56)41-20-8-3-9-21-41/h1-36H. The number of pyridine rings is 1. The lowest BCUT2D eigenvalue weighted by Crippen LogP contribution is -1.97. The molecule has 0 unspecified atom stereocenters. The van der Waals surface area contributed by atoms with Gasteiger partial charge in [-0.05, 0) is 52.4 Å². The maximum atomic E-state index is 6.25. The van der Waals surface area contributed by atoms with Crippen LogP contribution in [0.5, 0.6) is 0 Å². The Balaban J connectivity index is 0.997. The fourth-order valence-electron chi connectivity index (χ4n) is 8.90. The third kappa shape index (κ3) is 6.06. The molecule has 0 bridgehead atoms. The second-order valence-electron chi connectivity index (χ2n) is 15.6. The number of furan rings is 1. The summed E-state index contributed by atoms with van der Waals surface area (Å²) in [6, 6.07) is 76.1. The van der Waals surface area contributed by atoms with E-state index in [1.54, 1.807) is 0 Å². The summed E-state index contributed by atoms with van der Waals surface area (Å²) in [6.45, 7) is 0. The minimum Gasteiger partial charge on any atom is -0.456 e. The van der Waals surface area contributed by atoms with Crippen LogP contribution in [0, 0.1) is 0 Å². The molecule has 0 radical (unpaired) electrons. The van der Waals surface area contributed by atoms with E-state index in [0.717, 1.165) is 111 Å². The molecule has 0 atom stereocenters. The van der Waals surface area contributed by atoms with Crippen molar-refractivity contribution in [1.29, 1.82) is 0 Å². The van der Waals surface area contributed by atoms with Gasteiger partial charge in [0.1, 0.15) is 16.9 Å². The van der Waals surface area contributed by atoms with Crippen molar-refractivity contribution in [3.05, 3.63) is 218 Å². The molecule has 4 aromatic heterocycles. The minimum absolute atomic E-state index is 0.658. The molecule has 12 aromatic rings. The van der Waals surface area contributed by atoms with Crippen molar-refractivity contribution in [2.24, 2.45) is 0 Å². The Morgan fingerprint density at radius 1 is 0.387 bits per heavy atom. The zero-order valence-corrected chi connectivity index (χ0v) is 33.5. The van der Waals surface area contributed by atoms with Gasteiger partial charge in [0.15, 0.2) is 5.82 Å². The van der Waals surface area contributed by atoms with Crippen LogP contribution in [0.25, 0.3) is 117 Å². The Kier molecular flexibility index (Phi) is 8.42. The van der Waals surface area contributed by atoms with Gasteiger partial charge in [-0.15, -0.1) is 0 Å². The molecule has 0 saturated heterocycles. The number of fused-ring (bicyclic) bond motifs is 6. The summed E-state index contributed by atoms with van der Waals surface area (Å²) in [5, 5.41) is 9.92. The smallest absolute Gasteiger partial charge is 0.160 e. The Labute approximate surface area is 357 Å². The molecule has 0 spiro atoms. The van der Waals surface area contributed by atoms with Gasteiger partial charge in [0.2, 0.25) is 0 Å². The minimum atomic E-state index is 0.658. The molecule has 4 heterocycles. The molecule has 12 rings (SSSR count). The molecule has 5 heteroatoms. The summed E-state index contributed by atoms with van der Waals surface area (Å²) in [4.78, 5) is 10.4. The first-order chi connectivity index (χ1) is 30.7. The van der Waals surface area contributed by atoms with Crippen LogP contribution in [0.4, 0.5) is 0 Å². The van der Waals surface area contributed by atoms with Crippen LogP contribution in [-0.2, 0) is 0 Å². The highest BCUT2D eigenvalue weighted by Crippen LogP contribution is 2.42. The predicted molar refractivity (Wildman–Crippen MR) is 254 cm³/mol. The van der Waals surface area contributed by atoms with Gasteiger partial charge in [-0.3, -0.25) is 0 Å². The zero-order chi connectivity index (χ0) is 41.0. The molecule has 5 nitrogen and oxygen atoms in total. The summed E-state index contributed by atoms with van der Waals surface area (Å²) in [7, 11) is 0. The van der Waals surface area contributed by atoms with E-state index >= 15 is 0 Å². The average Bonchev–Trinajstić information content (AvgIpc) is 3.95. The predicted octanol–water partition coefficient (Wildman–Crippen LogP) is 14.8. The van der Waals surface area contributed by atoms with Gasteiger partial charge in [-0.25, -0.2) is 14.5 Å². The molecular weight excluding hydrogens is 757 g/mol. The van der Waals surface area contributed by atoms with Crippen LogP contribution in [0.2, 0.25) is 0 Å². The van der Waals surface area contributed by atoms with Crippen molar-refractivity contribution in [3.63, 3.8) is 0 Å². The topological polar surface area (TPSA) is 56.2 Å². The normalized spacial score (nSPS) is 11.5. The van der Waals surface area contributed by atoms with Gasteiger partial charge >= 0.3 is 0 Å². The van der Waals surface area contributed by atoms with E-state index in [4.69, 9.17) is 19.5 Å². The summed E-state index contributed by atoms with van der Waals surface area (Å²) in [6.07, 6.45) is 0. The van der Waals surface area contributed by atoms with E-state index in [9.17, 15) is 0 Å². The first-order valence-electron chi connectivity index (χ1n) is 20.9. The lowest BCUT2D eigenvalue weighted by molar-refractivity contribution is 0.669. The van der Waals surface area contributed by atoms with Crippen molar-refractivity contribution in [2.45, 2.75) is 0 Å². The fraction of sp³-hybridized carbons (Fsp3) is 0. The van der Waals surface area contributed by atoms with E-state index in [-0.39, 0.29) is 0 Å². The third-order valence-electron chi connectivity index (χ3n) is 11.8. The van der Waals surface area contributed by atoms with E-state index in [2.05, 4.69) is 187 Å². The highest BCUT2D eigenvalue weighted by Gasteiger charge is 2.22. The number of hydrogen-bond acceptors (Lipinski definition) is 4. The van der Waals surface area contributed by atoms with Gasteiger partial charge in [-0.2, -0.15) is 5.10 Å². The summed E-state index contributed by atoms with van der Waals surface area (Å²) >= 11 is 0. The number of rotatable bonds is 7. The molecule has 8 aromatic carbocycles. The van der Waals surface area contributed by atoms with Crippen molar-refractivity contribution >= 4 is 38.2 Å². The van der Waals surface area contributed by atoms with Crippen molar-refractivity contribution in [2.75, 3.05) is 0 Å². The molecule has 62 heavy (non-hydrogen) atoms. The third-order valence-corrected chi connectivity index (χ3v) is 11.8. The van der Waals surface area contributed by atoms with Crippen LogP contribution in [0.3, 0.4) is 0 Å². The molecular formula is C57H36N4O. The van der Waals surface area contributed by atoms with Gasteiger partial charge in [0.25, 0.3) is 0 Å². The largest absolute Gasteiger partial charge is 0.456 e. The van der Waals surface area contributed by atoms with E-state index < -0.39 is 0 Å². The quantitative estimate of drug-likeness (QED) is 0.161. The van der Waals surface area contributed by atoms with Gasteiger partial charge < -0.3 is 4.42 Å². The van der Waals surface area contributed by atoms with Crippen molar-refractivity contribution < 1.29 is 4.42 Å². The van der Waals surface area contributed by atoms with E-state index in [1.807, 2.05) is 36.4 Å².